The van der Waals surface area contributed by atoms with Crippen molar-refractivity contribution in [1.82, 2.24) is 19.5 Å². The molecule has 1 saturated carbocycles. The number of aromatic nitrogens is 3. The fourth-order valence-corrected chi connectivity index (χ4v) is 6.01. The summed E-state index contributed by atoms with van der Waals surface area (Å²) >= 11 is 1.55. The third-order valence-corrected chi connectivity index (χ3v) is 7.86. The Balaban J connectivity index is 1.31. The van der Waals surface area contributed by atoms with Crippen LogP contribution >= 0.6 is 11.3 Å². The summed E-state index contributed by atoms with van der Waals surface area (Å²) in [6, 6.07) is 6.41. The van der Waals surface area contributed by atoms with Gasteiger partial charge in [0.25, 0.3) is 0 Å². The molecule has 1 saturated heterocycles. The molecular formula is C26H35FN6OS. The number of piperazine rings is 1. The van der Waals surface area contributed by atoms with Crippen LogP contribution in [0.3, 0.4) is 0 Å². The Bertz CT molecular complexity index is 1170. The van der Waals surface area contributed by atoms with Crippen molar-refractivity contribution < 1.29 is 9.18 Å². The van der Waals surface area contributed by atoms with E-state index in [1.54, 1.807) is 23.5 Å². The van der Waals surface area contributed by atoms with Gasteiger partial charge in [-0.15, -0.1) is 5.10 Å². The molecule has 2 aromatic heterocycles. The highest BCUT2D eigenvalue weighted by atomic mass is 32.1. The molecule has 1 aliphatic heterocycles. The molecule has 2 fully saturated rings. The molecule has 0 bridgehead atoms. The van der Waals surface area contributed by atoms with E-state index >= 15 is 0 Å². The van der Waals surface area contributed by atoms with Crippen molar-refractivity contribution in [2.24, 2.45) is 5.92 Å². The predicted molar refractivity (Wildman–Crippen MR) is 140 cm³/mol. The average Bonchev–Trinajstić information content (AvgIpc) is 3.39. The van der Waals surface area contributed by atoms with Gasteiger partial charge in [0, 0.05) is 43.7 Å². The van der Waals surface area contributed by atoms with E-state index in [1.165, 1.54) is 44.2 Å². The van der Waals surface area contributed by atoms with Gasteiger partial charge in [-0.25, -0.2) is 9.37 Å². The molecule has 5 rings (SSSR count). The van der Waals surface area contributed by atoms with Crippen LogP contribution in [0.5, 0.6) is 0 Å². The van der Waals surface area contributed by atoms with Gasteiger partial charge < -0.3 is 15.1 Å². The molecule has 3 heterocycles. The molecule has 7 nitrogen and oxygen atoms in total. The Kier molecular flexibility index (Phi) is 6.70. The molecule has 9 heteroatoms. The monoisotopic (exact) mass is 498 g/mol. The fourth-order valence-electron chi connectivity index (χ4n) is 5.06. The van der Waals surface area contributed by atoms with Crippen LogP contribution in [0.25, 0.3) is 16.2 Å². The molecule has 35 heavy (non-hydrogen) atoms. The van der Waals surface area contributed by atoms with Crippen molar-refractivity contribution in [1.29, 1.82) is 0 Å². The van der Waals surface area contributed by atoms with Crippen molar-refractivity contribution in [3.05, 3.63) is 30.1 Å². The molecule has 1 aromatic carbocycles. The number of fused-ring (bicyclic) bond motifs is 1. The summed E-state index contributed by atoms with van der Waals surface area (Å²) < 4.78 is 15.4. The Morgan fingerprint density at radius 3 is 2.43 bits per heavy atom. The normalized spacial score (nSPS) is 17.8. The van der Waals surface area contributed by atoms with E-state index in [-0.39, 0.29) is 11.4 Å². The average molecular weight is 499 g/mol. The quantitative estimate of drug-likeness (QED) is 0.508. The zero-order valence-corrected chi connectivity index (χ0v) is 21.7. The number of rotatable bonds is 5. The Labute approximate surface area is 210 Å². The summed E-state index contributed by atoms with van der Waals surface area (Å²) in [4.78, 5) is 22.8. The number of amides is 1. The fraction of sp³-hybridized carbons (Fsp3) is 0.577. The van der Waals surface area contributed by atoms with E-state index in [1.807, 2.05) is 9.42 Å². The Hall–Kier alpha value is -2.68. The van der Waals surface area contributed by atoms with Crippen molar-refractivity contribution >= 4 is 33.2 Å². The van der Waals surface area contributed by atoms with Gasteiger partial charge in [-0.05, 0) is 63.8 Å². The second kappa shape index (κ2) is 9.76. The van der Waals surface area contributed by atoms with Gasteiger partial charge in [-0.3, -0.25) is 4.79 Å². The van der Waals surface area contributed by atoms with Crippen LogP contribution in [0.4, 0.5) is 15.3 Å². The molecule has 2 aliphatic rings. The third kappa shape index (κ3) is 5.44. The summed E-state index contributed by atoms with van der Waals surface area (Å²) in [6.07, 6.45) is 6.97. The maximum absolute atomic E-state index is 13.5. The number of carbonyl (C=O) groups is 1. The van der Waals surface area contributed by atoms with Crippen LogP contribution in [0.2, 0.25) is 0 Å². The van der Waals surface area contributed by atoms with Crippen molar-refractivity contribution in [2.75, 3.05) is 36.4 Å². The lowest BCUT2D eigenvalue weighted by Gasteiger charge is -2.35. The minimum Gasteiger partial charge on any atom is -0.364 e. The lowest BCUT2D eigenvalue weighted by molar-refractivity contribution is -0.132. The van der Waals surface area contributed by atoms with Crippen molar-refractivity contribution in [3.8, 4) is 11.3 Å². The van der Waals surface area contributed by atoms with Gasteiger partial charge in [-0.2, -0.15) is 4.52 Å². The molecule has 1 N–H and O–H groups in total. The van der Waals surface area contributed by atoms with Crippen LogP contribution in [-0.2, 0) is 4.79 Å². The third-order valence-electron chi connectivity index (χ3n) is 6.89. The standard InChI is InChI=1S/C26H35FN6OS/c1-26(2,3)29-23-22(19-9-11-20(27)12-10-19)28-24-33(23)30-25(35-24)32-15-13-31(14-16-32)21(34)17-18-7-5-4-6-8-18/h9-12,18,29H,4-8,13-17H2,1-3H3. The minimum atomic E-state index is -0.267. The zero-order valence-electron chi connectivity index (χ0n) is 20.9. The molecule has 0 spiro atoms. The number of halogens is 1. The number of anilines is 2. The lowest BCUT2D eigenvalue weighted by Crippen LogP contribution is -2.49. The molecule has 1 amide bonds. The van der Waals surface area contributed by atoms with E-state index in [4.69, 9.17) is 10.1 Å². The topological polar surface area (TPSA) is 65.8 Å². The molecule has 188 valence electrons. The number of hydrogen-bond donors (Lipinski definition) is 1. The number of hydrogen-bond acceptors (Lipinski definition) is 6. The van der Waals surface area contributed by atoms with Crippen LogP contribution in [0.1, 0.15) is 59.3 Å². The molecule has 3 aromatic rings. The Morgan fingerprint density at radius 2 is 1.77 bits per heavy atom. The van der Waals surface area contributed by atoms with Crippen molar-refractivity contribution in [2.45, 2.75) is 64.8 Å². The van der Waals surface area contributed by atoms with Crippen LogP contribution in [0, 0.1) is 11.7 Å². The number of nitrogens with zero attached hydrogens (tertiary/aromatic N) is 5. The van der Waals surface area contributed by atoms with Gasteiger partial charge >= 0.3 is 0 Å². The van der Waals surface area contributed by atoms with Gasteiger partial charge in [0.05, 0.1) is 0 Å². The summed E-state index contributed by atoms with van der Waals surface area (Å²) in [6.45, 7) is 9.32. The molecule has 0 unspecified atom stereocenters. The molecular weight excluding hydrogens is 463 g/mol. The first-order valence-corrected chi connectivity index (χ1v) is 13.5. The highest BCUT2D eigenvalue weighted by molar-refractivity contribution is 7.20. The van der Waals surface area contributed by atoms with E-state index in [0.717, 1.165) is 53.3 Å². The maximum atomic E-state index is 13.5. The number of imidazole rings is 1. The van der Waals surface area contributed by atoms with Gasteiger partial charge in [-0.1, -0.05) is 30.6 Å². The highest BCUT2D eigenvalue weighted by Gasteiger charge is 2.28. The maximum Gasteiger partial charge on any atom is 0.222 e. The second-order valence-electron chi connectivity index (χ2n) is 10.8. The molecule has 1 aliphatic carbocycles. The summed E-state index contributed by atoms with van der Waals surface area (Å²) in [7, 11) is 0. The first-order valence-electron chi connectivity index (χ1n) is 12.7. The van der Waals surface area contributed by atoms with Crippen molar-refractivity contribution in [3.63, 3.8) is 0 Å². The number of nitrogens with one attached hydrogen (secondary N) is 1. The summed E-state index contributed by atoms with van der Waals surface area (Å²) in [5.74, 6) is 1.43. The highest BCUT2D eigenvalue weighted by Crippen LogP contribution is 2.35. The summed E-state index contributed by atoms with van der Waals surface area (Å²) in [5.41, 5.74) is 1.42. The first kappa shape index (κ1) is 24.0. The SMILES string of the molecule is CC(C)(C)Nc1c(-c2ccc(F)cc2)nc2sc(N3CCN(C(=O)CC4CCCCC4)CC3)nn12. The summed E-state index contributed by atoms with van der Waals surface area (Å²) in [5, 5.41) is 9.36. The van der Waals surface area contributed by atoms with E-state index in [9.17, 15) is 9.18 Å². The lowest BCUT2D eigenvalue weighted by atomic mass is 9.86. The minimum absolute atomic E-state index is 0.196. The van der Waals surface area contributed by atoms with E-state index in [2.05, 4.69) is 31.0 Å². The second-order valence-corrected chi connectivity index (χ2v) is 11.8. The number of carbonyl (C=O) groups excluding carboxylic acids is 1. The predicted octanol–water partition coefficient (Wildman–Crippen LogP) is 5.43. The number of benzene rings is 1. The van der Waals surface area contributed by atoms with E-state index in [0.29, 0.717) is 18.2 Å². The van der Waals surface area contributed by atoms with Crippen LogP contribution in [-0.4, -0.2) is 57.1 Å². The largest absolute Gasteiger partial charge is 0.364 e. The molecule has 0 atom stereocenters. The van der Waals surface area contributed by atoms with E-state index < -0.39 is 0 Å². The Morgan fingerprint density at radius 1 is 1.09 bits per heavy atom. The van der Waals surface area contributed by atoms with Crippen LogP contribution in [0.15, 0.2) is 24.3 Å². The smallest absolute Gasteiger partial charge is 0.222 e. The first-order chi connectivity index (χ1) is 16.8. The zero-order chi connectivity index (χ0) is 24.6. The van der Waals surface area contributed by atoms with Gasteiger partial charge in [0.1, 0.15) is 11.5 Å². The van der Waals surface area contributed by atoms with Gasteiger partial charge in [0.2, 0.25) is 16.0 Å². The van der Waals surface area contributed by atoms with Crippen LogP contribution < -0.4 is 10.2 Å². The van der Waals surface area contributed by atoms with Gasteiger partial charge in [0.15, 0.2) is 5.82 Å². The molecule has 0 radical (unpaired) electrons.